The summed E-state index contributed by atoms with van der Waals surface area (Å²) in [5.74, 6) is -0.769. The molecule has 0 aliphatic rings. The van der Waals surface area contributed by atoms with Gasteiger partial charge in [0.15, 0.2) is 0 Å². The van der Waals surface area contributed by atoms with Crippen LogP contribution in [0.3, 0.4) is 0 Å². The van der Waals surface area contributed by atoms with E-state index in [-0.39, 0.29) is 21.9 Å². The highest BCUT2D eigenvalue weighted by atomic mass is 79.9. The summed E-state index contributed by atoms with van der Waals surface area (Å²) in [7, 11) is 0. The van der Waals surface area contributed by atoms with Gasteiger partial charge in [-0.15, -0.1) is 0 Å². The van der Waals surface area contributed by atoms with E-state index in [9.17, 15) is 13.6 Å². The number of rotatable bonds is 3. The van der Waals surface area contributed by atoms with E-state index in [1.807, 2.05) is 0 Å². The molecule has 1 rings (SSSR count). The second-order valence-electron chi connectivity index (χ2n) is 2.73. The number of ether oxygens (including phenoxy) is 1. The second kappa shape index (κ2) is 5.54. The minimum Gasteiger partial charge on any atom is -0.462 e. The van der Waals surface area contributed by atoms with Gasteiger partial charge in [-0.3, -0.25) is 0 Å². The third-order valence-electron chi connectivity index (χ3n) is 1.69. The first-order chi connectivity index (χ1) is 7.47. The van der Waals surface area contributed by atoms with Crippen molar-refractivity contribution in [1.29, 1.82) is 0 Å². The molecule has 0 amide bonds. The molecule has 0 bridgehead atoms. The summed E-state index contributed by atoms with van der Waals surface area (Å²) < 4.78 is 29.6. The van der Waals surface area contributed by atoms with Crippen LogP contribution < -0.4 is 0 Å². The van der Waals surface area contributed by atoms with Crippen LogP contribution in [0.25, 0.3) is 0 Å². The van der Waals surface area contributed by atoms with E-state index in [1.54, 1.807) is 6.92 Å². The summed E-state index contributed by atoms with van der Waals surface area (Å²) >= 11 is 8.49. The van der Waals surface area contributed by atoms with Gasteiger partial charge in [0.2, 0.25) is 0 Å². The van der Waals surface area contributed by atoms with Crippen LogP contribution in [0.4, 0.5) is 8.78 Å². The van der Waals surface area contributed by atoms with Gasteiger partial charge in [-0.1, -0.05) is 11.6 Å². The Labute approximate surface area is 104 Å². The molecule has 1 aromatic heterocycles. The molecular weight excluding hydrogens is 307 g/mol. The lowest BCUT2D eigenvalue weighted by Crippen LogP contribution is -2.08. The number of pyridine rings is 1. The average Bonchev–Trinajstić information content (AvgIpc) is 2.17. The van der Waals surface area contributed by atoms with Gasteiger partial charge < -0.3 is 4.74 Å². The van der Waals surface area contributed by atoms with Crippen LogP contribution in [0.1, 0.15) is 29.3 Å². The molecule has 0 atom stereocenters. The molecule has 0 aliphatic heterocycles. The van der Waals surface area contributed by atoms with Crippen molar-refractivity contribution in [2.45, 2.75) is 13.3 Å². The monoisotopic (exact) mass is 313 g/mol. The van der Waals surface area contributed by atoms with Gasteiger partial charge in [0.05, 0.1) is 17.7 Å². The molecule has 3 nitrogen and oxygen atoms in total. The quantitative estimate of drug-likeness (QED) is 0.632. The van der Waals surface area contributed by atoms with Crippen LogP contribution in [0, 0.1) is 0 Å². The largest absolute Gasteiger partial charge is 0.462 e. The van der Waals surface area contributed by atoms with Crippen molar-refractivity contribution in [1.82, 2.24) is 4.98 Å². The van der Waals surface area contributed by atoms with Gasteiger partial charge in [0.25, 0.3) is 6.43 Å². The fourth-order valence-electron chi connectivity index (χ4n) is 0.991. The molecule has 0 aromatic carbocycles. The Balaban J connectivity index is 3.19. The lowest BCUT2D eigenvalue weighted by molar-refractivity contribution is 0.0525. The maximum atomic E-state index is 12.5. The van der Waals surface area contributed by atoms with Crippen molar-refractivity contribution in [3.05, 3.63) is 26.9 Å². The smallest absolute Gasteiger partial charge is 0.341 e. The lowest BCUT2D eigenvalue weighted by atomic mass is 10.2. The van der Waals surface area contributed by atoms with Crippen LogP contribution in [0.5, 0.6) is 0 Å². The zero-order valence-electron chi connectivity index (χ0n) is 8.14. The van der Waals surface area contributed by atoms with Gasteiger partial charge in [-0.2, -0.15) is 0 Å². The predicted molar refractivity (Wildman–Crippen MR) is 57.9 cm³/mol. The van der Waals surface area contributed by atoms with Crippen molar-refractivity contribution in [2.75, 3.05) is 6.61 Å². The highest BCUT2D eigenvalue weighted by Gasteiger charge is 2.20. The number of carbonyl (C=O) groups excluding carboxylic acids is 1. The number of nitrogens with zero attached hydrogens (tertiary/aromatic N) is 1. The lowest BCUT2D eigenvalue weighted by Gasteiger charge is -2.07. The van der Waals surface area contributed by atoms with Gasteiger partial charge in [-0.25, -0.2) is 18.6 Å². The standard InChI is InChI=1S/C9H7BrClF2NO2/c1-2-16-9(15)5-3-4(8(12)13)6(10)14-7(5)11/h3,8H,2H2,1H3. The molecule has 88 valence electrons. The summed E-state index contributed by atoms with van der Waals surface area (Å²) in [5.41, 5.74) is -0.561. The summed E-state index contributed by atoms with van der Waals surface area (Å²) in [5, 5.41) is -0.172. The minimum atomic E-state index is -2.74. The molecule has 0 aliphatic carbocycles. The summed E-state index contributed by atoms with van der Waals surface area (Å²) in [4.78, 5) is 14.9. The highest BCUT2D eigenvalue weighted by Crippen LogP contribution is 2.29. The first-order valence-corrected chi connectivity index (χ1v) is 5.45. The van der Waals surface area contributed by atoms with Crippen molar-refractivity contribution in [3.8, 4) is 0 Å². The zero-order chi connectivity index (χ0) is 12.3. The Morgan fingerprint density at radius 3 is 2.81 bits per heavy atom. The number of esters is 1. The van der Waals surface area contributed by atoms with E-state index < -0.39 is 18.0 Å². The Kier molecular flexibility index (Phi) is 4.61. The van der Waals surface area contributed by atoms with Crippen LogP contribution in [-0.2, 0) is 4.74 Å². The molecule has 1 aromatic rings. The third kappa shape index (κ3) is 2.89. The molecule has 16 heavy (non-hydrogen) atoms. The highest BCUT2D eigenvalue weighted by molar-refractivity contribution is 9.10. The van der Waals surface area contributed by atoms with Crippen molar-refractivity contribution < 1.29 is 18.3 Å². The number of halogens is 4. The van der Waals surface area contributed by atoms with Crippen LogP contribution >= 0.6 is 27.5 Å². The summed E-state index contributed by atoms with van der Waals surface area (Å²) in [6.07, 6.45) is -2.74. The molecule has 0 unspecified atom stereocenters. The summed E-state index contributed by atoms with van der Waals surface area (Å²) in [6.45, 7) is 1.74. The van der Waals surface area contributed by atoms with Gasteiger partial charge >= 0.3 is 5.97 Å². The fourth-order valence-corrected chi connectivity index (χ4v) is 1.77. The van der Waals surface area contributed by atoms with Crippen LogP contribution in [0.15, 0.2) is 10.7 Å². The molecule has 7 heteroatoms. The van der Waals surface area contributed by atoms with Crippen molar-refractivity contribution in [3.63, 3.8) is 0 Å². The molecule has 1 heterocycles. The molecule has 0 spiro atoms. The topological polar surface area (TPSA) is 39.2 Å². The van der Waals surface area contributed by atoms with Gasteiger partial charge in [-0.05, 0) is 28.9 Å². The van der Waals surface area contributed by atoms with E-state index in [1.165, 1.54) is 0 Å². The molecule has 0 radical (unpaired) electrons. The molecular formula is C9H7BrClF2NO2. The average molecular weight is 315 g/mol. The number of aromatic nitrogens is 1. The van der Waals surface area contributed by atoms with Crippen molar-refractivity contribution >= 4 is 33.5 Å². The first-order valence-electron chi connectivity index (χ1n) is 4.28. The molecule has 0 saturated carbocycles. The van der Waals surface area contributed by atoms with E-state index in [4.69, 9.17) is 11.6 Å². The van der Waals surface area contributed by atoms with E-state index in [0.29, 0.717) is 0 Å². The molecule has 0 saturated heterocycles. The van der Waals surface area contributed by atoms with Crippen molar-refractivity contribution in [2.24, 2.45) is 0 Å². The number of alkyl halides is 2. The van der Waals surface area contributed by atoms with E-state index in [0.717, 1.165) is 6.07 Å². The van der Waals surface area contributed by atoms with Crippen LogP contribution in [0.2, 0.25) is 5.15 Å². The first kappa shape index (κ1) is 13.3. The minimum absolute atomic E-state index is 0.0828. The molecule has 0 N–H and O–H groups in total. The summed E-state index contributed by atoms with van der Waals surface area (Å²) in [6, 6.07) is 0.974. The Bertz CT molecular complexity index is 415. The fraction of sp³-hybridized carbons (Fsp3) is 0.333. The zero-order valence-corrected chi connectivity index (χ0v) is 10.5. The van der Waals surface area contributed by atoms with Gasteiger partial charge in [0.1, 0.15) is 9.76 Å². The Hall–Kier alpha value is -0.750. The Morgan fingerprint density at radius 2 is 2.31 bits per heavy atom. The maximum absolute atomic E-state index is 12.5. The molecule has 0 fully saturated rings. The second-order valence-corrected chi connectivity index (χ2v) is 3.84. The van der Waals surface area contributed by atoms with E-state index in [2.05, 4.69) is 25.7 Å². The number of hydrogen-bond donors (Lipinski definition) is 0. The normalized spacial score (nSPS) is 10.6. The SMILES string of the molecule is CCOC(=O)c1cc(C(F)F)c(Br)nc1Cl. The number of hydrogen-bond acceptors (Lipinski definition) is 3. The van der Waals surface area contributed by atoms with Gasteiger partial charge in [0, 0.05) is 0 Å². The van der Waals surface area contributed by atoms with E-state index >= 15 is 0 Å². The number of carbonyl (C=O) groups is 1. The third-order valence-corrected chi connectivity index (χ3v) is 2.61. The Morgan fingerprint density at radius 1 is 1.69 bits per heavy atom. The van der Waals surface area contributed by atoms with Crippen LogP contribution in [-0.4, -0.2) is 17.6 Å². The maximum Gasteiger partial charge on any atom is 0.341 e. The predicted octanol–water partition coefficient (Wildman–Crippen LogP) is 3.61.